The molecule has 1 atom stereocenters. The first-order chi connectivity index (χ1) is 12.9. The maximum atomic E-state index is 11.6. The molecular formula is C21H31NO5. The number of carbonyl (C=O) groups is 1. The lowest BCUT2D eigenvalue weighted by Crippen LogP contribution is -2.32. The van der Waals surface area contributed by atoms with Gasteiger partial charge in [0.2, 0.25) is 0 Å². The van der Waals surface area contributed by atoms with Crippen LogP contribution in [0.3, 0.4) is 0 Å². The molecule has 1 heterocycles. The summed E-state index contributed by atoms with van der Waals surface area (Å²) >= 11 is 0. The largest absolute Gasteiger partial charge is 0.491 e. The third kappa shape index (κ3) is 8.93. The number of nitrogens with one attached hydrogen (secondary N) is 1. The molecule has 0 radical (unpaired) electrons. The van der Waals surface area contributed by atoms with Crippen LogP contribution in [0.4, 0.5) is 4.79 Å². The van der Waals surface area contributed by atoms with Crippen LogP contribution in [0.2, 0.25) is 0 Å². The number of hydrogen-bond acceptors (Lipinski definition) is 5. The number of amides is 1. The normalized spacial score (nSPS) is 17.7. The molecule has 1 aromatic carbocycles. The van der Waals surface area contributed by atoms with Gasteiger partial charge in [-0.05, 0) is 46.1 Å². The van der Waals surface area contributed by atoms with Gasteiger partial charge in [0.1, 0.15) is 18.0 Å². The summed E-state index contributed by atoms with van der Waals surface area (Å²) in [4.78, 5) is 11.6. The predicted molar refractivity (Wildman–Crippen MR) is 105 cm³/mol. The Labute approximate surface area is 161 Å². The molecule has 1 amide bonds. The van der Waals surface area contributed by atoms with Gasteiger partial charge >= 0.3 is 6.09 Å². The topological polar surface area (TPSA) is 66.0 Å². The van der Waals surface area contributed by atoms with Gasteiger partial charge in [0.25, 0.3) is 0 Å². The van der Waals surface area contributed by atoms with E-state index in [1.807, 2.05) is 57.2 Å². The lowest BCUT2D eigenvalue weighted by Gasteiger charge is -2.22. The summed E-state index contributed by atoms with van der Waals surface area (Å²) in [7, 11) is 0. The summed E-state index contributed by atoms with van der Waals surface area (Å²) < 4.78 is 22.2. The highest BCUT2D eigenvalue weighted by Gasteiger charge is 2.15. The summed E-state index contributed by atoms with van der Waals surface area (Å²) in [6.45, 7) is 7.60. The molecule has 6 heteroatoms. The molecule has 1 aliphatic heterocycles. The van der Waals surface area contributed by atoms with Crippen molar-refractivity contribution in [2.45, 2.75) is 51.9 Å². The zero-order valence-electron chi connectivity index (χ0n) is 16.5. The number of rotatable bonds is 8. The highest BCUT2D eigenvalue weighted by molar-refractivity contribution is 5.68. The van der Waals surface area contributed by atoms with Gasteiger partial charge in [0.05, 0.1) is 6.61 Å². The van der Waals surface area contributed by atoms with Gasteiger partial charge in [-0.15, -0.1) is 0 Å². The van der Waals surface area contributed by atoms with Gasteiger partial charge in [-0.1, -0.05) is 30.4 Å². The van der Waals surface area contributed by atoms with E-state index in [-0.39, 0.29) is 6.29 Å². The Bertz CT molecular complexity index is 603. The molecular weight excluding hydrogens is 346 g/mol. The number of benzene rings is 1. The fourth-order valence-corrected chi connectivity index (χ4v) is 2.57. The van der Waals surface area contributed by atoms with E-state index in [0.29, 0.717) is 19.8 Å². The van der Waals surface area contributed by atoms with Crippen LogP contribution >= 0.6 is 0 Å². The van der Waals surface area contributed by atoms with Crippen molar-refractivity contribution in [3.8, 4) is 5.75 Å². The molecule has 0 spiro atoms. The fraction of sp³-hybridized carbons (Fsp3) is 0.571. The Hall–Kier alpha value is -2.05. The average molecular weight is 377 g/mol. The van der Waals surface area contributed by atoms with Gasteiger partial charge in [0.15, 0.2) is 6.29 Å². The first-order valence-electron chi connectivity index (χ1n) is 9.52. The van der Waals surface area contributed by atoms with Crippen molar-refractivity contribution in [1.82, 2.24) is 5.32 Å². The lowest BCUT2D eigenvalue weighted by molar-refractivity contribution is -0.165. The maximum Gasteiger partial charge on any atom is 0.407 e. The summed E-state index contributed by atoms with van der Waals surface area (Å²) in [6.07, 6.45) is 6.45. The van der Waals surface area contributed by atoms with Crippen molar-refractivity contribution in [2.75, 3.05) is 26.4 Å². The van der Waals surface area contributed by atoms with Crippen LogP contribution in [0, 0.1) is 0 Å². The molecule has 0 bridgehead atoms. The third-order valence-corrected chi connectivity index (χ3v) is 3.76. The number of alkyl carbamates (subject to hydrolysis) is 1. The van der Waals surface area contributed by atoms with Crippen LogP contribution in [0.15, 0.2) is 30.3 Å². The van der Waals surface area contributed by atoms with Gasteiger partial charge < -0.3 is 24.3 Å². The van der Waals surface area contributed by atoms with E-state index in [9.17, 15) is 4.79 Å². The second-order valence-corrected chi connectivity index (χ2v) is 7.34. The van der Waals surface area contributed by atoms with Crippen LogP contribution in [0.1, 0.15) is 45.6 Å². The van der Waals surface area contributed by atoms with Crippen molar-refractivity contribution >= 4 is 12.2 Å². The number of ether oxygens (including phenoxy) is 4. The Kier molecular flexibility index (Phi) is 8.61. The summed E-state index contributed by atoms with van der Waals surface area (Å²) in [5, 5.41) is 2.69. The predicted octanol–water partition coefficient (Wildman–Crippen LogP) is 4.15. The molecule has 1 fully saturated rings. The van der Waals surface area contributed by atoms with Gasteiger partial charge in [-0.25, -0.2) is 4.79 Å². The van der Waals surface area contributed by atoms with E-state index in [4.69, 9.17) is 18.9 Å². The summed E-state index contributed by atoms with van der Waals surface area (Å²) in [6, 6.07) is 7.75. The molecule has 27 heavy (non-hydrogen) atoms. The number of hydrogen-bond donors (Lipinski definition) is 1. The van der Waals surface area contributed by atoms with Crippen LogP contribution in [0.5, 0.6) is 5.75 Å². The zero-order chi connectivity index (χ0) is 19.5. The van der Waals surface area contributed by atoms with Crippen molar-refractivity contribution in [2.24, 2.45) is 0 Å². The molecule has 1 aliphatic rings. The standard InChI is InChI=1S/C21H31NO5/c1-21(2,3)27-20(23)22-13-8-10-17-9-4-5-11-18(17)24-15-16-26-19-12-6-7-14-25-19/h4-5,8-11,19H,6-7,12-16H2,1-3H3,(H,22,23)/b10-8+. The van der Waals surface area contributed by atoms with E-state index in [1.165, 1.54) is 0 Å². The molecule has 1 unspecified atom stereocenters. The highest BCUT2D eigenvalue weighted by Crippen LogP contribution is 2.19. The van der Waals surface area contributed by atoms with Crippen molar-refractivity contribution in [3.05, 3.63) is 35.9 Å². The second kappa shape index (κ2) is 10.9. The third-order valence-electron chi connectivity index (χ3n) is 3.76. The van der Waals surface area contributed by atoms with Crippen molar-refractivity contribution in [1.29, 1.82) is 0 Å². The van der Waals surface area contributed by atoms with E-state index in [1.54, 1.807) is 0 Å². The van der Waals surface area contributed by atoms with Crippen LogP contribution in [0.25, 0.3) is 6.08 Å². The highest BCUT2D eigenvalue weighted by atomic mass is 16.7. The zero-order valence-corrected chi connectivity index (χ0v) is 16.5. The molecule has 6 nitrogen and oxygen atoms in total. The van der Waals surface area contributed by atoms with Crippen molar-refractivity contribution < 1.29 is 23.7 Å². The fourth-order valence-electron chi connectivity index (χ4n) is 2.57. The molecule has 1 saturated heterocycles. The molecule has 1 N–H and O–H groups in total. The molecule has 0 saturated carbocycles. The smallest absolute Gasteiger partial charge is 0.407 e. The van der Waals surface area contributed by atoms with Gasteiger partial charge in [-0.2, -0.15) is 0 Å². The lowest BCUT2D eigenvalue weighted by atomic mass is 10.2. The first-order valence-corrected chi connectivity index (χ1v) is 9.52. The Morgan fingerprint density at radius 3 is 2.81 bits per heavy atom. The first kappa shape index (κ1) is 21.3. The quantitative estimate of drug-likeness (QED) is 0.690. The van der Waals surface area contributed by atoms with E-state index in [2.05, 4.69) is 5.32 Å². The molecule has 0 aliphatic carbocycles. The van der Waals surface area contributed by atoms with E-state index < -0.39 is 11.7 Å². The Morgan fingerprint density at radius 2 is 2.07 bits per heavy atom. The minimum atomic E-state index is -0.501. The maximum absolute atomic E-state index is 11.6. The number of para-hydroxylation sites is 1. The van der Waals surface area contributed by atoms with Crippen LogP contribution in [-0.2, 0) is 14.2 Å². The monoisotopic (exact) mass is 377 g/mol. The average Bonchev–Trinajstić information content (AvgIpc) is 2.63. The molecule has 2 rings (SSSR count). The summed E-state index contributed by atoms with van der Waals surface area (Å²) in [5.74, 6) is 0.777. The minimum Gasteiger partial charge on any atom is -0.491 e. The minimum absolute atomic E-state index is 0.101. The summed E-state index contributed by atoms with van der Waals surface area (Å²) in [5.41, 5.74) is 0.441. The number of carbonyl (C=O) groups excluding carboxylic acids is 1. The van der Waals surface area contributed by atoms with E-state index >= 15 is 0 Å². The molecule has 0 aromatic heterocycles. The second-order valence-electron chi connectivity index (χ2n) is 7.34. The van der Waals surface area contributed by atoms with Crippen molar-refractivity contribution in [3.63, 3.8) is 0 Å². The van der Waals surface area contributed by atoms with Crippen LogP contribution in [-0.4, -0.2) is 44.3 Å². The molecule has 150 valence electrons. The SMILES string of the molecule is CC(C)(C)OC(=O)NC/C=C/c1ccccc1OCCOC1CCCCO1. The van der Waals surface area contributed by atoms with Gasteiger partial charge in [0, 0.05) is 18.7 Å². The van der Waals surface area contributed by atoms with Crippen LogP contribution < -0.4 is 10.1 Å². The molecule has 1 aromatic rings. The van der Waals surface area contributed by atoms with Gasteiger partial charge in [-0.3, -0.25) is 0 Å². The Morgan fingerprint density at radius 1 is 1.26 bits per heavy atom. The van der Waals surface area contributed by atoms with E-state index in [0.717, 1.165) is 37.2 Å². The Balaban J connectivity index is 1.73.